The standard InChI is InChI=1S/C6H7NOS.C2H6/c1-5(8)2-6-3-9-4-7-6;1-2/h3-4H,2H2,1H3;1-2H3. The minimum atomic E-state index is 0.168. The number of aromatic nitrogens is 1. The number of hydrogen-bond acceptors (Lipinski definition) is 3. The van der Waals surface area contributed by atoms with Crippen molar-refractivity contribution >= 4 is 17.1 Å². The summed E-state index contributed by atoms with van der Waals surface area (Å²) in [4.78, 5) is 14.4. The van der Waals surface area contributed by atoms with E-state index in [1.54, 1.807) is 12.4 Å². The number of rotatable bonds is 2. The number of hydrogen-bond donors (Lipinski definition) is 0. The van der Waals surface area contributed by atoms with Crippen LogP contribution in [-0.4, -0.2) is 10.8 Å². The third-order valence-electron chi connectivity index (χ3n) is 0.914. The van der Waals surface area contributed by atoms with Crippen molar-refractivity contribution in [1.82, 2.24) is 4.98 Å². The number of carbonyl (C=O) groups is 1. The smallest absolute Gasteiger partial charge is 0.135 e. The van der Waals surface area contributed by atoms with Gasteiger partial charge in [-0.25, -0.2) is 4.98 Å². The Morgan fingerprint density at radius 3 is 2.64 bits per heavy atom. The highest BCUT2D eigenvalue weighted by Gasteiger charge is 1.96. The van der Waals surface area contributed by atoms with E-state index in [9.17, 15) is 4.79 Å². The molecular formula is C8H13NOS. The highest BCUT2D eigenvalue weighted by molar-refractivity contribution is 7.07. The summed E-state index contributed by atoms with van der Waals surface area (Å²) >= 11 is 1.52. The Morgan fingerprint density at radius 1 is 1.64 bits per heavy atom. The van der Waals surface area contributed by atoms with Gasteiger partial charge in [0.2, 0.25) is 0 Å². The van der Waals surface area contributed by atoms with E-state index in [2.05, 4.69) is 4.98 Å². The molecule has 0 unspecified atom stereocenters. The Kier molecular flexibility index (Phi) is 5.65. The van der Waals surface area contributed by atoms with Crippen LogP contribution in [0.25, 0.3) is 0 Å². The second kappa shape index (κ2) is 6.04. The van der Waals surface area contributed by atoms with Crippen LogP contribution in [0.1, 0.15) is 26.5 Å². The number of nitrogens with zero attached hydrogens (tertiary/aromatic N) is 1. The van der Waals surface area contributed by atoms with Crippen LogP contribution in [0.2, 0.25) is 0 Å². The first-order chi connectivity index (χ1) is 5.29. The van der Waals surface area contributed by atoms with Crippen molar-refractivity contribution in [1.29, 1.82) is 0 Å². The van der Waals surface area contributed by atoms with Crippen LogP contribution in [0, 0.1) is 0 Å². The molecule has 2 nitrogen and oxygen atoms in total. The number of ketones is 1. The first-order valence-corrected chi connectivity index (χ1v) is 4.60. The van der Waals surface area contributed by atoms with Gasteiger partial charge in [0, 0.05) is 11.8 Å². The van der Waals surface area contributed by atoms with E-state index in [0.29, 0.717) is 6.42 Å². The summed E-state index contributed by atoms with van der Waals surface area (Å²) in [5.41, 5.74) is 2.62. The molecule has 0 atom stereocenters. The van der Waals surface area contributed by atoms with Crippen molar-refractivity contribution in [3.63, 3.8) is 0 Å². The average Bonchev–Trinajstić information content (AvgIpc) is 2.43. The Bertz CT molecular complexity index is 194. The van der Waals surface area contributed by atoms with E-state index in [0.717, 1.165) is 5.69 Å². The lowest BCUT2D eigenvalue weighted by Gasteiger charge is -1.85. The summed E-state index contributed by atoms with van der Waals surface area (Å²) in [6, 6.07) is 0. The van der Waals surface area contributed by atoms with Crippen LogP contribution in [0.4, 0.5) is 0 Å². The summed E-state index contributed by atoms with van der Waals surface area (Å²) < 4.78 is 0. The van der Waals surface area contributed by atoms with Crippen LogP contribution in [-0.2, 0) is 11.2 Å². The second-order valence-corrected chi connectivity index (χ2v) is 2.58. The molecule has 1 aromatic rings. The van der Waals surface area contributed by atoms with Crippen molar-refractivity contribution in [3.8, 4) is 0 Å². The predicted octanol–water partition coefficient (Wildman–Crippen LogP) is 2.30. The first-order valence-electron chi connectivity index (χ1n) is 3.65. The van der Waals surface area contributed by atoms with Gasteiger partial charge < -0.3 is 0 Å². The lowest BCUT2D eigenvalue weighted by atomic mass is 10.3. The monoisotopic (exact) mass is 171 g/mol. The maximum atomic E-state index is 10.5. The topological polar surface area (TPSA) is 30.0 Å². The van der Waals surface area contributed by atoms with Crippen molar-refractivity contribution in [2.24, 2.45) is 0 Å². The Balaban J connectivity index is 0.000000461. The minimum absolute atomic E-state index is 0.168. The number of Topliss-reactive ketones (excluding diaryl/α,β-unsaturated/α-hetero) is 1. The van der Waals surface area contributed by atoms with Gasteiger partial charge in [-0.2, -0.15) is 0 Å². The fourth-order valence-electron chi connectivity index (χ4n) is 0.580. The Labute approximate surface area is 71.3 Å². The largest absolute Gasteiger partial charge is 0.300 e. The van der Waals surface area contributed by atoms with Gasteiger partial charge in [0.25, 0.3) is 0 Å². The molecule has 1 aromatic heterocycles. The SMILES string of the molecule is CC.CC(=O)Cc1cscn1. The molecule has 0 N–H and O–H groups in total. The molecular weight excluding hydrogens is 158 g/mol. The Hall–Kier alpha value is -0.700. The van der Waals surface area contributed by atoms with Crippen molar-refractivity contribution in [3.05, 3.63) is 16.6 Å². The predicted molar refractivity (Wildman–Crippen MR) is 47.8 cm³/mol. The van der Waals surface area contributed by atoms with Gasteiger partial charge >= 0.3 is 0 Å². The molecule has 11 heavy (non-hydrogen) atoms. The third kappa shape index (κ3) is 4.67. The number of thiazole rings is 1. The molecule has 0 aliphatic heterocycles. The van der Waals surface area contributed by atoms with Gasteiger partial charge in [-0.3, -0.25) is 4.79 Å². The second-order valence-electron chi connectivity index (χ2n) is 1.86. The maximum Gasteiger partial charge on any atom is 0.135 e. The molecule has 1 heterocycles. The summed E-state index contributed by atoms with van der Waals surface area (Å²) in [5, 5.41) is 1.89. The van der Waals surface area contributed by atoms with E-state index < -0.39 is 0 Å². The molecule has 3 heteroatoms. The summed E-state index contributed by atoms with van der Waals surface area (Å²) in [6.07, 6.45) is 0.476. The highest BCUT2D eigenvalue weighted by Crippen LogP contribution is 2.01. The maximum absolute atomic E-state index is 10.5. The fraction of sp³-hybridized carbons (Fsp3) is 0.500. The third-order valence-corrected chi connectivity index (χ3v) is 1.55. The van der Waals surface area contributed by atoms with Gasteiger partial charge in [-0.1, -0.05) is 13.8 Å². The summed E-state index contributed by atoms with van der Waals surface area (Å²) in [6.45, 7) is 5.57. The zero-order valence-electron chi connectivity index (χ0n) is 7.13. The van der Waals surface area contributed by atoms with E-state index in [4.69, 9.17) is 0 Å². The van der Waals surface area contributed by atoms with Crippen LogP contribution in [0.3, 0.4) is 0 Å². The summed E-state index contributed by atoms with van der Waals surface area (Å²) in [5.74, 6) is 0.168. The van der Waals surface area contributed by atoms with Gasteiger partial charge in [-0.15, -0.1) is 11.3 Å². The Morgan fingerprint density at radius 2 is 2.27 bits per heavy atom. The zero-order valence-corrected chi connectivity index (χ0v) is 7.94. The van der Waals surface area contributed by atoms with E-state index in [1.165, 1.54) is 11.3 Å². The van der Waals surface area contributed by atoms with Crippen LogP contribution in [0.15, 0.2) is 10.9 Å². The van der Waals surface area contributed by atoms with Gasteiger partial charge in [-0.05, 0) is 6.92 Å². The number of carbonyl (C=O) groups excluding carboxylic acids is 1. The highest BCUT2D eigenvalue weighted by atomic mass is 32.1. The minimum Gasteiger partial charge on any atom is -0.300 e. The van der Waals surface area contributed by atoms with Crippen molar-refractivity contribution < 1.29 is 4.79 Å². The fourth-order valence-corrected chi connectivity index (χ4v) is 1.14. The molecule has 62 valence electrons. The van der Waals surface area contributed by atoms with E-state index in [1.807, 2.05) is 19.2 Å². The molecule has 0 radical (unpaired) electrons. The van der Waals surface area contributed by atoms with Crippen LogP contribution >= 0.6 is 11.3 Å². The molecule has 0 aliphatic carbocycles. The normalized spacial score (nSPS) is 8.27. The molecule has 0 saturated heterocycles. The molecule has 0 saturated carbocycles. The van der Waals surface area contributed by atoms with Crippen LogP contribution in [0.5, 0.6) is 0 Å². The molecule has 1 rings (SSSR count). The zero-order chi connectivity index (χ0) is 8.69. The molecule has 0 aromatic carbocycles. The average molecular weight is 171 g/mol. The van der Waals surface area contributed by atoms with Gasteiger partial charge in [0.15, 0.2) is 0 Å². The molecule has 0 fully saturated rings. The van der Waals surface area contributed by atoms with Crippen molar-refractivity contribution in [2.45, 2.75) is 27.2 Å². The summed E-state index contributed by atoms with van der Waals surface area (Å²) in [7, 11) is 0. The molecule has 0 bridgehead atoms. The van der Waals surface area contributed by atoms with E-state index >= 15 is 0 Å². The van der Waals surface area contributed by atoms with Gasteiger partial charge in [0.1, 0.15) is 5.78 Å². The lowest BCUT2D eigenvalue weighted by molar-refractivity contribution is -0.116. The van der Waals surface area contributed by atoms with Crippen LogP contribution < -0.4 is 0 Å². The molecule has 0 spiro atoms. The first kappa shape index (κ1) is 10.3. The molecule has 0 amide bonds. The van der Waals surface area contributed by atoms with Gasteiger partial charge in [0.05, 0.1) is 11.2 Å². The van der Waals surface area contributed by atoms with Crippen molar-refractivity contribution in [2.75, 3.05) is 0 Å². The quantitative estimate of drug-likeness (QED) is 0.683. The molecule has 0 aliphatic rings. The van der Waals surface area contributed by atoms with E-state index in [-0.39, 0.29) is 5.78 Å². The lowest BCUT2D eigenvalue weighted by Crippen LogP contribution is -1.95.